The summed E-state index contributed by atoms with van der Waals surface area (Å²) in [6.07, 6.45) is 0. The summed E-state index contributed by atoms with van der Waals surface area (Å²) in [6.45, 7) is 1.69. The lowest BCUT2D eigenvalue weighted by Crippen LogP contribution is -2.15. The van der Waals surface area contributed by atoms with Gasteiger partial charge in [-0.1, -0.05) is 30.3 Å². The van der Waals surface area contributed by atoms with Crippen molar-refractivity contribution in [1.82, 2.24) is 15.0 Å². The molecule has 0 aliphatic heterocycles. The molecule has 0 amide bonds. The Balaban J connectivity index is 2.43. The van der Waals surface area contributed by atoms with Crippen LogP contribution in [0.25, 0.3) is 11.3 Å². The zero-order chi connectivity index (χ0) is 14.5. The summed E-state index contributed by atoms with van der Waals surface area (Å²) in [5, 5.41) is 18.2. The highest BCUT2D eigenvalue weighted by atomic mass is 16.6. The van der Waals surface area contributed by atoms with Crippen molar-refractivity contribution < 1.29 is 14.5 Å². The Morgan fingerprint density at radius 2 is 2.10 bits per heavy atom. The van der Waals surface area contributed by atoms with E-state index in [0.29, 0.717) is 5.56 Å². The van der Waals surface area contributed by atoms with E-state index in [1.807, 2.05) is 0 Å². The Morgan fingerprint density at radius 1 is 1.40 bits per heavy atom. The van der Waals surface area contributed by atoms with Crippen molar-refractivity contribution in [3.8, 4) is 11.3 Å². The topological polar surface area (TPSA) is 100 Å². The van der Waals surface area contributed by atoms with Crippen LogP contribution in [0.5, 0.6) is 0 Å². The minimum absolute atomic E-state index is 0.184. The summed E-state index contributed by atoms with van der Waals surface area (Å²) in [5.74, 6) is -0.912. The number of benzene rings is 1. The van der Waals surface area contributed by atoms with Crippen LogP contribution in [-0.4, -0.2) is 32.5 Å². The third-order valence-electron chi connectivity index (χ3n) is 2.52. The molecule has 0 spiro atoms. The third kappa shape index (κ3) is 2.79. The van der Waals surface area contributed by atoms with Gasteiger partial charge in [-0.3, -0.25) is 4.79 Å². The van der Waals surface area contributed by atoms with E-state index < -0.39 is 10.9 Å². The molecule has 0 radical (unpaired) electrons. The van der Waals surface area contributed by atoms with Gasteiger partial charge in [-0.05, 0) is 11.8 Å². The van der Waals surface area contributed by atoms with Gasteiger partial charge in [0.05, 0.1) is 11.8 Å². The second-order valence-electron chi connectivity index (χ2n) is 3.85. The Kier molecular flexibility index (Phi) is 4.04. The fourth-order valence-corrected chi connectivity index (χ4v) is 1.74. The molecule has 20 heavy (non-hydrogen) atoms. The summed E-state index contributed by atoms with van der Waals surface area (Å²) >= 11 is 0. The first-order valence-electron chi connectivity index (χ1n) is 5.92. The first kappa shape index (κ1) is 13.7. The number of carbonyl (C=O) groups excluding carboxylic acids is 1. The van der Waals surface area contributed by atoms with Crippen LogP contribution in [0.1, 0.15) is 6.92 Å². The van der Waals surface area contributed by atoms with Gasteiger partial charge in [0, 0.05) is 5.56 Å². The van der Waals surface area contributed by atoms with Crippen LogP contribution in [0, 0.1) is 10.1 Å². The van der Waals surface area contributed by atoms with Crippen molar-refractivity contribution in [3.63, 3.8) is 0 Å². The summed E-state index contributed by atoms with van der Waals surface area (Å²) in [5.41, 5.74) is 0.747. The van der Waals surface area contributed by atoms with Crippen molar-refractivity contribution in [1.29, 1.82) is 0 Å². The molecule has 0 saturated heterocycles. The van der Waals surface area contributed by atoms with E-state index in [4.69, 9.17) is 4.74 Å². The molecule has 0 unspecified atom stereocenters. The molecular weight excluding hydrogens is 264 g/mol. The number of nitrogens with zero attached hydrogens (tertiary/aromatic N) is 4. The molecule has 8 nitrogen and oxygen atoms in total. The molecule has 0 aliphatic carbocycles. The molecule has 0 aliphatic rings. The molecule has 2 rings (SSSR count). The lowest BCUT2D eigenvalue weighted by atomic mass is 10.1. The summed E-state index contributed by atoms with van der Waals surface area (Å²) in [7, 11) is 0. The first-order chi connectivity index (χ1) is 9.63. The molecule has 8 heteroatoms. The largest absolute Gasteiger partial charge is 0.465 e. The second kappa shape index (κ2) is 5.91. The van der Waals surface area contributed by atoms with E-state index in [-0.39, 0.29) is 24.7 Å². The van der Waals surface area contributed by atoms with Gasteiger partial charge < -0.3 is 14.9 Å². The highest BCUT2D eigenvalue weighted by Gasteiger charge is 2.26. The number of aromatic nitrogens is 3. The molecule has 2 aromatic rings. The van der Waals surface area contributed by atoms with E-state index in [0.717, 1.165) is 0 Å². The van der Waals surface area contributed by atoms with Gasteiger partial charge in [0.1, 0.15) is 11.6 Å². The number of carbonyl (C=O) groups is 1. The van der Waals surface area contributed by atoms with Crippen LogP contribution in [-0.2, 0) is 16.1 Å². The maximum absolute atomic E-state index is 11.5. The Bertz CT molecular complexity index is 624. The van der Waals surface area contributed by atoms with E-state index in [1.54, 1.807) is 37.3 Å². The molecule has 1 aromatic heterocycles. The van der Waals surface area contributed by atoms with E-state index in [9.17, 15) is 14.9 Å². The summed E-state index contributed by atoms with van der Waals surface area (Å²) in [4.78, 5) is 21.9. The molecular formula is C12H12N4O4. The molecule has 104 valence electrons. The third-order valence-corrected chi connectivity index (χ3v) is 2.52. The van der Waals surface area contributed by atoms with Crippen LogP contribution >= 0.6 is 0 Å². The number of rotatable bonds is 5. The monoisotopic (exact) mass is 276 g/mol. The van der Waals surface area contributed by atoms with Crippen molar-refractivity contribution in [3.05, 3.63) is 40.4 Å². The van der Waals surface area contributed by atoms with Gasteiger partial charge in [0.15, 0.2) is 5.69 Å². The second-order valence-corrected chi connectivity index (χ2v) is 3.85. The molecule has 0 saturated carbocycles. The molecule has 0 fully saturated rings. The predicted octanol–water partition coefficient (Wildman–Crippen LogP) is 1.42. The summed E-state index contributed by atoms with van der Waals surface area (Å²) < 4.78 is 5.98. The van der Waals surface area contributed by atoms with Crippen LogP contribution in [0.3, 0.4) is 0 Å². The zero-order valence-electron chi connectivity index (χ0n) is 10.7. The van der Waals surface area contributed by atoms with Crippen LogP contribution in [0.4, 0.5) is 5.82 Å². The van der Waals surface area contributed by atoms with Gasteiger partial charge >= 0.3 is 11.8 Å². The van der Waals surface area contributed by atoms with Gasteiger partial charge in [-0.15, -0.1) is 0 Å². The normalized spacial score (nSPS) is 10.2. The Hall–Kier alpha value is -2.77. The van der Waals surface area contributed by atoms with E-state index >= 15 is 0 Å². The van der Waals surface area contributed by atoms with E-state index in [1.165, 1.54) is 4.68 Å². The predicted molar refractivity (Wildman–Crippen MR) is 68.7 cm³/mol. The number of nitro groups is 1. The standard InChI is InChI=1S/C12H12N4O4/c1-2-20-10(17)8-15-11(9-6-4-3-5-7-9)12(13-14-15)16(18)19/h3-7H,2,8H2,1H3. The lowest BCUT2D eigenvalue weighted by Gasteiger charge is -2.04. The van der Waals surface area contributed by atoms with Gasteiger partial charge in [0.2, 0.25) is 0 Å². The molecule has 0 atom stereocenters. The number of ether oxygens (including phenoxy) is 1. The molecule has 1 heterocycles. The maximum Gasteiger partial charge on any atom is 0.418 e. The number of hydrogen-bond donors (Lipinski definition) is 0. The SMILES string of the molecule is CCOC(=O)Cn1nnc([N+](=O)[O-])c1-c1ccccc1. The average Bonchev–Trinajstić information content (AvgIpc) is 2.83. The number of hydrogen-bond acceptors (Lipinski definition) is 6. The fourth-order valence-electron chi connectivity index (χ4n) is 1.74. The highest BCUT2D eigenvalue weighted by Crippen LogP contribution is 2.27. The summed E-state index contributed by atoms with van der Waals surface area (Å²) in [6, 6.07) is 8.64. The average molecular weight is 276 g/mol. The van der Waals surface area contributed by atoms with E-state index in [2.05, 4.69) is 10.3 Å². The smallest absolute Gasteiger partial charge is 0.418 e. The van der Waals surface area contributed by atoms with Crippen molar-refractivity contribution in [2.75, 3.05) is 6.61 Å². The van der Waals surface area contributed by atoms with Crippen LogP contribution in [0.15, 0.2) is 30.3 Å². The van der Waals surface area contributed by atoms with Crippen LogP contribution < -0.4 is 0 Å². The highest BCUT2D eigenvalue weighted by molar-refractivity contribution is 5.72. The quantitative estimate of drug-likeness (QED) is 0.465. The Morgan fingerprint density at radius 3 is 2.70 bits per heavy atom. The van der Waals surface area contributed by atoms with Gasteiger partial charge in [-0.2, -0.15) is 0 Å². The number of esters is 1. The minimum Gasteiger partial charge on any atom is -0.465 e. The Labute approximate surface area is 114 Å². The van der Waals surface area contributed by atoms with Crippen molar-refractivity contribution in [2.45, 2.75) is 13.5 Å². The van der Waals surface area contributed by atoms with Crippen LogP contribution in [0.2, 0.25) is 0 Å². The zero-order valence-corrected chi connectivity index (χ0v) is 10.7. The van der Waals surface area contributed by atoms with Gasteiger partial charge in [-0.25, -0.2) is 4.68 Å². The van der Waals surface area contributed by atoms with Crippen molar-refractivity contribution >= 4 is 11.8 Å². The fraction of sp³-hybridized carbons (Fsp3) is 0.250. The first-order valence-corrected chi connectivity index (χ1v) is 5.92. The minimum atomic E-state index is -0.628. The lowest BCUT2D eigenvalue weighted by molar-refractivity contribution is -0.388. The molecule has 0 N–H and O–H groups in total. The maximum atomic E-state index is 11.5. The van der Waals surface area contributed by atoms with Crippen molar-refractivity contribution in [2.24, 2.45) is 0 Å². The van der Waals surface area contributed by atoms with Gasteiger partial charge in [0.25, 0.3) is 0 Å². The molecule has 0 bridgehead atoms. The molecule has 1 aromatic carbocycles.